The second kappa shape index (κ2) is 2.84. The molecule has 5 heteroatoms. The van der Waals surface area contributed by atoms with Crippen molar-refractivity contribution in [3.8, 4) is 0 Å². The van der Waals surface area contributed by atoms with E-state index in [1.807, 2.05) is 18.3 Å². The summed E-state index contributed by atoms with van der Waals surface area (Å²) in [7, 11) is 0. The maximum atomic E-state index is 5.40. The molecule has 0 spiro atoms. The molecule has 0 unspecified atom stereocenters. The Labute approximate surface area is 77.5 Å². The van der Waals surface area contributed by atoms with Gasteiger partial charge >= 0.3 is 0 Å². The molecule has 0 bridgehead atoms. The fourth-order valence-electron chi connectivity index (χ4n) is 0.991. The van der Waals surface area contributed by atoms with Crippen LogP contribution in [-0.2, 0) is 6.54 Å². The Balaban J connectivity index is 2.67. The third-order valence-electron chi connectivity index (χ3n) is 1.52. The normalized spacial score (nSPS) is 10.8. The predicted octanol–water partition coefficient (Wildman–Crippen LogP) is 0.951. The molecule has 0 atom stereocenters. The van der Waals surface area contributed by atoms with Crippen molar-refractivity contribution in [2.75, 3.05) is 0 Å². The molecule has 2 aromatic heterocycles. The molecule has 0 saturated carbocycles. The van der Waals surface area contributed by atoms with Crippen LogP contribution in [0.1, 0.15) is 5.82 Å². The summed E-state index contributed by atoms with van der Waals surface area (Å²) in [6.45, 7) is 0.374. The highest BCUT2D eigenvalue weighted by molar-refractivity contribution is 9.10. The van der Waals surface area contributed by atoms with Gasteiger partial charge in [0.1, 0.15) is 0 Å². The van der Waals surface area contributed by atoms with Crippen molar-refractivity contribution >= 4 is 21.6 Å². The average molecular weight is 227 g/mol. The molecule has 0 fully saturated rings. The van der Waals surface area contributed by atoms with Gasteiger partial charge in [-0.15, -0.1) is 5.10 Å². The summed E-state index contributed by atoms with van der Waals surface area (Å²) >= 11 is 3.34. The number of hydrogen-bond donors (Lipinski definition) is 1. The first-order valence-corrected chi connectivity index (χ1v) is 4.30. The van der Waals surface area contributed by atoms with Gasteiger partial charge in [-0.25, -0.2) is 9.50 Å². The number of nitrogens with zero attached hydrogens (tertiary/aromatic N) is 3. The fraction of sp³-hybridized carbons (Fsp3) is 0.143. The smallest absolute Gasteiger partial charge is 0.165 e. The molecule has 0 aromatic carbocycles. The van der Waals surface area contributed by atoms with Crippen LogP contribution >= 0.6 is 15.9 Å². The molecule has 2 N–H and O–H groups in total. The second-order valence-electron chi connectivity index (χ2n) is 2.38. The number of halogens is 1. The van der Waals surface area contributed by atoms with E-state index in [9.17, 15) is 0 Å². The molecule has 0 aliphatic rings. The van der Waals surface area contributed by atoms with Crippen molar-refractivity contribution in [1.29, 1.82) is 0 Å². The van der Waals surface area contributed by atoms with E-state index in [1.165, 1.54) is 0 Å². The van der Waals surface area contributed by atoms with Crippen molar-refractivity contribution in [3.63, 3.8) is 0 Å². The Hall–Kier alpha value is -0.940. The van der Waals surface area contributed by atoms with E-state index in [1.54, 1.807) is 4.52 Å². The van der Waals surface area contributed by atoms with Gasteiger partial charge in [0.15, 0.2) is 11.5 Å². The molecule has 2 rings (SSSR count). The number of nitrogens with two attached hydrogens (primary N) is 1. The Kier molecular flexibility index (Phi) is 1.82. The lowest BCUT2D eigenvalue weighted by molar-refractivity contribution is 0.867. The molecular formula is C7H7BrN4. The average Bonchev–Trinajstić information content (AvgIpc) is 2.46. The fourth-order valence-corrected chi connectivity index (χ4v) is 1.32. The number of hydrogen-bond acceptors (Lipinski definition) is 3. The molecule has 0 aliphatic carbocycles. The maximum absolute atomic E-state index is 5.40. The Morgan fingerprint density at radius 3 is 3.08 bits per heavy atom. The minimum atomic E-state index is 0.374. The van der Waals surface area contributed by atoms with Crippen LogP contribution in [0.25, 0.3) is 5.65 Å². The molecule has 12 heavy (non-hydrogen) atoms. The molecule has 0 aliphatic heterocycles. The standard InChI is InChI=1S/C7H7BrN4/c8-5-1-2-7-10-6(3-9)11-12(7)4-5/h1-2,4H,3,9H2. The molecule has 4 nitrogen and oxygen atoms in total. The van der Waals surface area contributed by atoms with Gasteiger partial charge in [0.25, 0.3) is 0 Å². The topological polar surface area (TPSA) is 56.2 Å². The van der Waals surface area contributed by atoms with Gasteiger partial charge in [-0.2, -0.15) is 0 Å². The van der Waals surface area contributed by atoms with Crippen molar-refractivity contribution < 1.29 is 0 Å². The first kappa shape index (κ1) is 7.70. The van der Waals surface area contributed by atoms with Crippen LogP contribution < -0.4 is 5.73 Å². The lowest BCUT2D eigenvalue weighted by atomic mass is 10.5. The highest BCUT2D eigenvalue weighted by Gasteiger charge is 2.00. The van der Waals surface area contributed by atoms with E-state index in [0.29, 0.717) is 12.4 Å². The largest absolute Gasteiger partial charge is 0.324 e. The van der Waals surface area contributed by atoms with E-state index in [2.05, 4.69) is 26.0 Å². The summed E-state index contributed by atoms with van der Waals surface area (Å²) in [6.07, 6.45) is 1.85. The van der Waals surface area contributed by atoms with Gasteiger partial charge in [0.2, 0.25) is 0 Å². The van der Waals surface area contributed by atoms with E-state index < -0.39 is 0 Å². The van der Waals surface area contributed by atoms with Gasteiger partial charge in [0, 0.05) is 10.7 Å². The molecule has 2 aromatic rings. The zero-order valence-electron chi connectivity index (χ0n) is 6.24. The summed E-state index contributed by atoms with van der Waals surface area (Å²) in [6, 6.07) is 3.81. The van der Waals surface area contributed by atoms with Gasteiger partial charge in [-0.1, -0.05) is 0 Å². The summed E-state index contributed by atoms with van der Waals surface area (Å²) in [5.41, 5.74) is 6.22. The zero-order chi connectivity index (χ0) is 8.55. The molecule has 0 saturated heterocycles. The summed E-state index contributed by atoms with van der Waals surface area (Å²) in [5, 5.41) is 4.14. The molecule has 0 radical (unpaired) electrons. The minimum absolute atomic E-state index is 0.374. The van der Waals surface area contributed by atoms with Gasteiger partial charge in [0.05, 0.1) is 6.54 Å². The van der Waals surface area contributed by atoms with E-state index in [-0.39, 0.29) is 0 Å². The Morgan fingerprint density at radius 1 is 1.50 bits per heavy atom. The monoisotopic (exact) mass is 226 g/mol. The third-order valence-corrected chi connectivity index (χ3v) is 1.99. The second-order valence-corrected chi connectivity index (χ2v) is 3.30. The molecular weight excluding hydrogens is 220 g/mol. The number of rotatable bonds is 1. The van der Waals surface area contributed by atoms with Crippen molar-refractivity contribution in [1.82, 2.24) is 14.6 Å². The number of fused-ring (bicyclic) bond motifs is 1. The van der Waals surface area contributed by atoms with Crippen molar-refractivity contribution in [2.24, 2.45) is 5.73 Å². The van der Waals surface area contributed by atoms with Crippen LogP contribution in [0.5, 0.6) is 0 Å². The van der Waals surface area contributed by atoms with Crippen LogP contribution in [0.3, 0.4) is 0 Å². The summed E-state index contributed by atoms with van der Waals surface area (Å²) in [5.74, 6) is 0.660. The first-order chi connectivity index (χ1) is 5.79. The maximum Gasteiger partial charge on any atom is 0.165 e. The van der Waals surface area contributed by atoms with Crippen LogP contribution in [0.2, 0.25) is 0 Å². The minimum Gasteiger partial charge on any atom is -0.324 e. The summed E-state index contributed by atoms with van der Waals surface area (Å²) < 4.78 is 2.68. The Morgan fingerprint density at radius 2 is 2.33 bits per heavy atom. The van der Waals surface area contributed by atoms with E-state index in [0.717, 1.165) is 10.1 Å². The van der Waals surface area contributed by atoms with Crippen LogP contribution in [0.4, 0.5) is 0 Å². The highest BCUT2D eigenvalue weighted by atomic mass is 79.9. The zero-order valence-corrected chi connectivity index (χ0v) is 7.82. The third kappa shape index (κ3) is 1.21. The highest BCUT2D eigenvalue weighted by Crippen LogP contribution is 2.10. The molecule has 2 heterocycles. The van der Waals surface area contributed by atoms with Crippen LogP contribution in [0, 0.1) is 0 Å². The van der Waals surface area contributed by atoms with Crippen LogP contribution in [0.15, 0.2) is 22.8 Å². The number of aromatic nitrogens is 3. The van der Waals surface area contributed by atoms with Gasteiger partial charge in [-0.3, -0.25) is 0 Å². The first-order valence-electron chi connectivity index (χ1n) is 3.50. The van der Waals surface area contributed by atoms with E-state index >= 15 is 0 Å². The molecule has 0 amide bonds. The summed E-state index contributed by atoms with van der Waals surface area (Å²) in [4.78, 5) is 4.18. The van der Waals surface area contributed by atoms with Crippen molar-refractivity contribution in [2.45, 2.75) is 6.54 Å². The van der Waals surface area contributed by atoms with Gasteiger partial charge in [-0.05, 0) is 28.1 Å². The number of pyridine rings is 1. The SMILES string of the molecule is NCc1nc2ccc(Br)cn2n1. The van der Waals surface area contributed by atoms with E-state index in [4.69, 9.17) is 5.73 Å². The lowest BCUT2D eigenvalue weighted by Crippen LogP contribution is -1.98. The van der Waals surface area contributed by atoms with Crippen molar-refractivity contribution in [3.05, 3.63) is 28.6 Å². The molecule has 62 valence electrons. The predicted molar refractivity (Wildman–Crippen MR) is 48.6 cm³/mol. The van der Waals surface area contributed by atoms with Gasteiger partial charge < -0.3 is 5.73 Å². The lowest BCUT2D eigenvalue weighted by Gasteiger charge is -1.89. The Bertz CT molecular complexity index is 409. The van der Waals surface area contributed by atoms with Crippen LogP contribution in [-0.4, -0.2) is 14.6 Å². The quantitative estimate of drug-likeness (QED) is 0.788.